The second kappa shape index (κ2) is 16.0. The van der Waals surface area contributed by atoms with Gasteiger partial charge in [-0.05, 0) is 26.8 Å². The molecule has 5 nitrogen and oxygen atoms in total. The van der Waals surface area contributed by atoms with Gasteiger partial charge in [0.15, 0.2) is 5.96 Å². The molecular weight excluding hydrogens is 379 g/mol. The topological polar surface area (TPSA) is 40.1 Å². The fourth-order valence-corrected chi connectivity index (χ4v) is 1.73. The van der Waals surface area contributed by atoms with E-state index in [2.05, 4.69) is 47.7 Å². The molecule has 6 heteroatoms. The van der Waals surface area contributed by atoms with E-state index in [-0.39, 0.29) is 24.0 Å². The maximum atomic E-state index is 5.07. The Kier molecular flexibility index (Phi) is 17.5. The number of nitrogens with one attached hydrogen (secondary N) is 1. The molecule has 0 saturated carbocycles. The first-order valence-electron chi connectivity index (χ1n) is 7.43. The Labute approximate surface area is 147 Å². The smallest absolute Gasteiger partial charge is 0.193 e. The standard InChI is InChI=1S/C15H32N4O.HI/c1-6-8-9-11-19(4)15(16-7-2)17-10-12-18(3)13-14-20-5;/h6H,1,7-14H2,2-5H3,(H,16,17);1H. The lowest BCUT2D eigenvalue weighted by Crippen LogP contribution is -2.40. The van der Waals surface area contributed by atoms with Crippen molar-refractivity contribution < 1.29 is 4.74 Å². The second-order valence-corrected chi connectivity index (χ2v) is 4.88. The molecule has 0 unspecified atom stereocenters. The van der Waals surface area contributed by atoms with E-state index in [1.165, 1.54) is 0 Å². The summed E-state index contributed by atoms with van der Waals surface area (Å²) in [6.07, 6.45) is 4.12. The maximum absolute atomic E-state index is 5.07. The molecule has 0 fully saturated rings. The van der Waals surface area contributed by atoms with E-state index < -0.39 is 0 Å². The molecule has 0 aliphatic heterocycles. The summed E-state index contributed by atoms with van der Waals surface area (Å²) in [7, 11) is 5.90. The summed E-state index contributed by atoms with van der Waals surface area (Å²) in [6, 6.07) is 0. The second-order valence-electron chi connectivity index (χ2n) is 4.88. The van der Waals surface area contributed by atoms with E-state index in [4.69, 9.17) is 4.74 Å². The summed E-state index contributed by atoms with van der Waals surface area (Å²) >= 11 is 0. The lowest BCUT2D eigenvalue weighted by atomic mass is 10.3. The van der Waals surface area contributed by atoms with E-state index in [0.29, 0.717) is 0 Å². The van der Waals surface area contributed by atoms with Gasteiger partial charge < -0.3 is 19.9 Å². The molecule has 0 aromatic carbocycles. The Morgan fingerprint density at radius 2 is 2.00 bits per heavy atom. The van der Waals surface area contributed by atoms with Crippen molar-refractivity contribution in [2.75, 3.05) is 60.5 Å². The number of aliphatic imine (C=N–C) groups is 1. The van der Waals surface area contributed by atoms with Crippen LogP contribution in [0.25, 0.3) is 0 Å². The van der Waals surface area contributed by atoms with Crippen molar-refractivity contribution in [1.29, 1.82) is 0 Å². The average Bonchev–Trinajstić information content (AvgIpc) is 2.44. The third-order valence-electron chi connectivity index (χ3n) is 3.02. The van der Waals surface area contributed by atoms with Crippen molar-refractivity contribution in [3.05, 3.63) is 12.7 Å². The third-order valence-corrected chi connectivity index (χ3v) is 3.02. The molecule has 0 aromatic heterocycles. The number of allylic oxidation sites excluding steroid dienone is 1. The van der Waals surface area contributed by atoms with Crippen LogP contribution in [0.1, 0.15) is 19.8 Å². The number of ether oxygens (including phenoxy) is 1. The minimum Gasteiger partial charge on any atom is -0.383 e. The Balaban J connectivity index is 0. The Morgan fingerprint density at radius 1 is 1.29 bits per heavy atom. The number of methoxy groups -OCH3 is 1. The van der Waals surface area contributed by atoms with Gasteiger partial charge in [0, 0.05) is 40.3 Å². The van der Waals surface area contributed by atoms with Gasteiger partial charge in [0.05, 0.1) is 13.2 Å². The van der Waals surface area contributed by atoms with Gasteiger partial charge >= 0.3 is 0 Å². The Bertz CT molecular complexity index is 274. The van der Waals surface area contributed by atoms with Gasteiger partial charge in [0.25, 0.3) is 0 Å². The van der Waals surface area contributed by atoms with E-state index in [1.807, 2.05) is 6.08 Å². The number of guanidine groups is 1. The average molecular weight is 412 g/mol. The number of hydrogen-bond acceptors (Lipinski definition) is 3. The number of halogens is 1. The predicted molar refractivity (Wildman–Crippen MR) is 103 cm³/mol. The Morgan fingerprint density at radius 3 is 2.57 bits per heavy atom. The van der Waals surface area contributed by atoms with Crippen LogP contribution in [0.5, 0.6) is 0 Å². The summed E-state index contributed by atoms with van der Waals surface area (Å²) < 4.78 is 5.07. The van der Waals surface area contributed by atoms with E-state index in [0.717, 1.165) is 58.1 Å². The molecule has 0 bridgehead atoms. The summed E-state index contributed by atoms with van der Waals surface area (Å²) in [5.74, 6) is 0.983. The number of hydrogen-bond donors (Lipinski definition) is 1. The van der Waals surface area contributed by atoms with Crippen molar-refractivity contribution in [1.82, 2.24) is 15.1 Å². The van der Waals surface area contributed by atoms with Crippen LogP contribution < -0.4 is 5.32 Å². The number of rotatable bonds is 11. The van der Waals surface area contributed by atoms with Gasteiger partial charge in [-0.1, -0.05) is 6.08 Å². The molecule has 0 rings (SSSR count). The molecule has 1 N–H and O–H groups in total. The summed E-state index contributed by atoms with van der Waals surface area (Å²) in [5.41, 5.74) is 0. The van der Waals surface area contributed by atoms with Crippen LogP contribution in [0.4, 0.5) is 0 Å². The maximum Gasteiger partial charge on any atom is 0.193 e. The largest absolute Gasteiger partial charge is 0.383 e. The van der Waals surface area contributed by atoms with E-state index >= 15 is 0 Å². The van der Waals surface area contributed by atoms with Crippen molar-refractivity contribution in [2.45, 2.75) is 19.8 Å². The minimum absolute atomic E-state index is 0. The van der Waals surface area contributed by atoms with Crippen LogP contribution in [0.3, 0.4) is 0 Å². The van der Waals surface area contributed by atoms with Gasteiger partial charge in [0.2, 0.25) is 0 Å². The quantitative estimate of drug-likeness (QED) is 0.185. The highest BCUT2D eigenvalue weighted by Gasteiger charge is 2.04. The summed E-state index contributed by atoms with van der Waals surface area (Å²) in [4.78, 5) is 9.08. The van der Waals surface area contributed by atoms with Crippen molar-refractivity contribution >= 4 is 29.9 Å². The first-order valence-corrected chi connectivity index (χ1v) is 7.43. The van der Waals surface area contributed by atoms with Gasteiger partial charge in [0.1, 0.15) is 0 Å². The van der Waals surface area contributed by atoms with Crippen molar-refractivity contribution in [2.24, 2.45) is 4.99 Å². The zero-order valence-corrected chi connectivity index (χ0v) is 16.4. The van der Waals surface area contributed by atoms with E-state index in [1.54, 1.807) is 7.11 Å². The molecule has 0 amide bonds. The molecule has 0 radical (unpaired) electrons. The molecule has 0 aliphatic carbocycles. The highest BCUT2D eigenvalue weighted by Crippen LogP contribution is 1.95. The number of unbranched alkanes of at least 4 members (excludes halogenated alkanes) is 1. The number of nitrogens with zero attached hydrogens (tertiary/aromatic N) is 3. The summed E-state index contributed by atoms with van der Waals surface area (Å²) in [5, 5.41) is 3.33. The fraction of sp³-hybridized carbons (Fsp3) is 0.800. The van der Waals surface area contributed by atoms with E-state index in [9.17, 15) is 0 Å². The van der Waals surface area contributed by atoms with Gasteiger partial charge in [-0.15, -0.1) is 30.6 Å². The van der Waals surface area contributed by atoms with Crippen LogP contribution in [-0.4, -0.2) is 76.3 Å². The monoisotopic (exact) mass is 412 g/mol. The summed E-state index contributed by atoms with van der Waals surface area (Å²) in [6.45, 7) is 11.2. The van der Waals surface area contributed by atoms with Crippen LogP contribution in [0, 0.1) is 0 Å². The molecule has 21 heavy (non-hydrogen) atoms. The molecule has 0 atom stereocenters. The lowest BCUT2D eigenvalue weighted by Gasteiger charge is -2.22. The first-order chi connectivity index (χ1) is 9.65. The third kappa shape index (κ3) is 13.1. The molecule has 0 aromatic rings. The molecule has 0 heterocycles. The number of likely N-dealkylation sites (N-methyl/N-ethyl adjacent to an activating group) is 1. The fourth-order valence-electron chi connectivity index (χ4n) is 1.73. The van der Waals surface area contributed by atoms with Gasteiger partial charge in [-0.25, -0.2) is 0 Å². The van der Waals surface area contributed by atoms with Crippen LogP contribution in [-0.2, 0) is 4.74 Å². The first kappa shape index (κ1) is 22.9. The Hall–Kier alpha value is -0.340. The SMILES string of the molecule is C=CCCCN(C)C(=NCCN(C)CCOC)NCC.I. The van der Waals surface area contributed by atoms with Gasteiger partial charge in [-0.3, -0.25) is 4.99 Å². The van der Waals surface area contributed by atoms with Gasteiger partial charge in [-0.2, -0.15) is 0 Å². The highest BCUT2D eigenvalue weighted by molar-refractivity contribution is 14.0. The zero-order valence-electron chi connectivity index (χ0n) is 14.1. The van der Waals surface area contributed by atoms with Crippen molar-refractivity contribution in [3.8, 4) is 0 Å². The van der Waals surface area contributed by atoms with Crippen molar-refractivity contribution in [3.63, 3.8) is 0 Å². The van der Waals surface area contributed by atoms with Crippen LogP contribution >= 0.6 is 24.0 Å². The molecule has 126 valence electrons. The van der Waals surface area contributed by atoms with Crippen LogP contribution in [0.2, 0.25) is 0 Å². The molecule has 0 spiro atoms. The van der Waals surface area contributed by atoms with Crippen LogP contribution in [0.15, 0.2) is 17.6 Å². The lowest BCUT2D eigenvalue weighted by molar-refractivity contribution is 0.163. The zero-order chi connectivity index (χ0) is 15.2. The molecule has 0 saturated heterocycles. The normalized spacial score (nSPS) is 11.2. The predicted octanol–water partition coefficient (Wildman–Crippen LogP) is 2.05. The minimum atomic E-state index is 0. The molecule has 0 aliphatic rings. The molecular formula is C15H33IN4O. The highest BCUT2D eigenvalue weighted by atomic mass is 127.